The second-order valence-corrected chi connectivity index (χ2v) is 31.0. The summed E-state index contributed by atoms with van der Waals surface area (Å²) >= 11 is 0. The fourth-order valence-corrected chi connectivity index (χ4v) is 15.7. The van der Waals surface area contributed by atoms with E-state index in [0.717, 1.165) is 12.8 Å². The van der Waals surface area contributed by atoms with Crippen LogP contribution in [-0.2, 0) is 52.7 Å². The summed E-state index contributed by atoms with van der Waals surface area (Å²) in [6.45, 7) is 11.2. The fourth-order valence-electron chi connectivity index (χ4n) is 11.1. The summed E-state index contributed by atoms with van der Waals surface area (Å²) in [7, 11) is -3.73. The molecule has 0 spiro atoms. The van der Waals surface area contributed by atoms with E-state index in [0.29, 0.717) is 11.6 Å². The van der Waals surface area contributed by atoms with Gasteiger partial charge >= 0.3 is 41.8 Å². The number of carboxylic acids is 6. The molecule has 33 nitrogen and oxygen atoms in total. The maximum Gasteiger partial charge on any atom is 0.326 e. The number of carbonyl (C=O) groups excluding carboxylic acids is 7. The molecule has 1 aliphatic heterocycles. The number of nitrogens with zero attached hydrogens (tertiary/aromatic N) is 4. The van der Waals surface area contributed by atoms with Gasteiger partial charge in [-0.25, -0.2) is 19.2 Å². The SMILES string of the molecule is CCCCC[C@H](NC(=O)N[C@@H](CCC(=O)N[C@H](CCCNC(=O)CCC(=O)NCCCC[C@@H](NC(=O)[C@@H](CNC(=O)c1ccc([Si](F)(C(C)(C)C)C(C)(C)C)cc1)NC(=O)CN1CCN(CC(=O)O)CCN(CC(=O)O)CCN(CC(=O)O)CC1)C(=O)O)C(O)O)C(=O)O)C(=O)O. The number of carbonyl (C=O) groups is 13. The topological polar surface area (TPSA) is 493 Å². The number of carboxylic acid groups (broad SMARTS) is 6. The van der Waals surface area contributed by atoms with Crippen molar-refractivity contribution < 1.29 is 107 Å². The molecule has 1 aromatic rings. The van der Waals surface area contributed by atoms with E-state index in [9.17, 15) is 103 Å². The van der Waals surface area contributed by atoms with Gasteiger partial charge in [-0.2, -0.15) is 0 Å². The van der Waals surface area contributed by atoms with Gasteiger partial charge in [0.05, 0.1) is 32.2 Å². The number of halogens is 1. The molecule has 2 rings (SSSR count). The smallest absolute Gasteiger partial charge is 0.326 e. The van der Waals surface area contributed by atoms with Crippen LogP contribution in [0.25, 0.3) is 0 Å². The molecule has 0 aliphatic carbocycles. The van der Waals surface area contributed by atoms with Crippen molar-refractivity contribution in [1.29, 1.82) is 0 Å². The monoisotopic (exact) mass is 1400 g/mol. The predicted molar refractivity (Wildman–Crippen MR) is 351 cm³/mol. The van der Waals surface area contributed by atoms with Gasteiger partial charge in [0.2, 0.25) is 29.5 Å². The minimum Gasteiger partial charge on any atom is -0.480 e. The van der Waals surface area contributed by atoms with Gasteiger partial charge < -0.3 is 87.5 Å². The third-order valence-corrected chi connectivity index (χ3v) is 21.5. The number of rotatable bonds is 41. The number of amides is 8. The molecule has 0 aromatic heterocycles. The van der Waals surface area contributed by atoms with Crippen molar-refractivity contribution in [2.45, 2.75) is 179 Å². The van der Waals surface area contributed by atoms with Gasteiger partial charge in [-0.1, -0.05) is 79.9 Å². The molecule has 8 amide bonds. The Morgan fingerprint density at radius 2 is 0.876 bits per heavy atom. The van der Waals surface area contributed by atoms with E-state index in [-0.39, 0.29) is 129 Å². The van der Waals surface area contributed by atoms with Crippen molar-refractivity contribution in [3.8, 4) is 0 Å². The zero-order valence-corrected chi connectivity index (χ0v) is 57.6. The second kappa shape index (κ2) is 42.7. The summed E-state index contributed by atoms with van der Waals surface area (Å²) in [4.78, 5) is 170. The maximum atomic E-state index is 17.1. The predicted octanol–water partition coefficient (Wildman–Crippen LogP) is -1.01. The molecular weight excluding hydrogens is 1300 g/mol. The van der Waals surface area contributed by atoms with E-state index in [1.807, 2.05) is 48.5 Å². The fraction of sp³-hybridized carbons (Fsp3) is 0.694. The molecule has 97 heavy (non-hydrogen) atoms. The van der Waals surface area contributed by atoms with Crippen LogP contribution in [0.2, 0.25) is 10.1 Å². The Labute approximate surface area is 564 Å². The highest BCUT2D eigenvalue weighted by molar-refractivity contribution is 6.90. The van der Waals surface area contributed by atoms with Crippen LogP contribution in [0.3, 0.4) is 0 Å². The average Bonchev–Trinajstić information content (AvgIpc) is 0.750. The first kappa shape index (κ1) is 85.1. The Bertz CT molecular complexity index is 2750. The lowest BCUT2D eigenvalue weighted by Gasteiger charge is -2.44. The van der Waals surface area contributed by atoms with Crippen LogP contribution in [0.1, 0.15) is 142 Å². The van der Waals surface area contributed by atoms with Gasteiger partial charge in [0.1, 0.15) is 24.2 Å². The van der Waals surface area contributed by atoms with E-state index in [4.69, 9.17) is 0 Å². The van der Waals surface area contributed by atoms with E-state index in [2.05, 4.69) is 42.5 Å². The summed E-state index contributed by atoms with van der Waals surface area (Å²) < 4.78 is 17.1. The average molecular weight is 1400 g/mol. The van der Waals surface area contributed by atoms with Crippen LogP contribution < -0.4 is 47.7 Å². The number of nitrogens with one attached hydrogen (secondary N) is 8. The number of benzene rings is 1. The first-order chi connectivity index (χ1) is 45.4. The first-order valence-corrected chi connectivity index (χ1v) is 34.4. The largest absolute Gasteiger partial charge is 0.480 e. The molecule has 0 bridgehead atoms. The Kier molecular flexibility index (Phi) is 37.4. The molecule has 548 valence electrons. The molecule has 0 radical (unpaired) electrons. The third-order valence-electron chi connectivity index (χ3n) is 16.2. The van der Waals surface area contributed by atoms with Crippen molar-refractivity contribution >= 4 is 90.9 Å². The van der Waals surface area contributed by atoms with E-state index < -0.39 is 171 Å². The minimum atomic E-state index is -3.73. The summed E-state index contributed by atoms with van der Waals surface area (Å²) in [5, 5.41) is 96.4. The normalized spacial score (nSPS) is 15.7. The molecule has 5 atom stereocenters. The van der Waals surface area contributed by atoms with Gasteiger partial charge in [0.25, 0.3) is 14.3 Å². The van der Waals surface area contributed by atoms with Crippen LogP contribution in [-0.4, -0.2) is 281 Å². The van der Waals surface area contributed by atoms with E-state index >= 15 is 4.11 Å². The van der Waals surface area contributed by atoms with Crippen molar-refractivity contribution in [2.75, 3.05) is 98.2 Å². The highest BCUT2D eigenvalue weighted by Crippen LogP contribution is 2.51. The van der Waals surface area contributed by atoms with Gasteiger partial charge in [0, 0.05) is 96.8 Å². The molecule has 1 heterocycles. The standard InChI is InChI=1S/C62H103FN12O21Si/c1-8-9-10-14-44(58(92)93)70-60(96)71-45(59(94)95)21-22-49(78)67-42(56(88)89)16-13-26-65-48(77)24-23-47(76)64-25-12-11-15-43(57(90)91)69-55(87)46(35-66-54(86)40-17-19-41(20-18-40)97(63,61(2,3)4)62(5,6)7)68-50(79)36-72-27-29-73(37-51(80)81)31-33-75(39-53(84)85)34-32-74(30-28-72)38-52(82)83/h17-20,42-46,56,88-89H,8-16,21-39H2,1-7H3,(H,64,76)(H,65,77)(H,66,86)(H,67,78)(H,68,79)(H,69,87)(H,80,81)(H,82,83)(H,84,85)(H,90,91)(H,92,93)(H,94,95)(H2,70,71,96)/t42-,43-,44+,45+,46-/m1/s1. The van der Waals surface area contributed by atoms with Gasteiger partial charge in [0.15, 0.2) is 6.29 Å². The van der Waals surface area contributed by atoms with Gasteiger partial charge in [-0.05, 0) is 72.3 Å². The van der Waals surface area contributed by atoms with E-state index in [1.54, 1.807) is 31.7 Å². The Hall–Kier alpha value is -7.96. The quantitative estimate of drug-likeness (QED) is 0.0162. The zero-order valence-electron chi connectivity index (χ0n) is 56.6. The number of hydrogen-bond donors (Lipinski definition) is 16. The van der Waals surface area contributed by atoms with E-state index in [1.165, 1.54) is 12.1 Å². The highest BCUT2D eigenvalue weighted by Gasteiger charge is 2.56. The van der Waals surface area contributed by atoms with Crippen molar-refractivity contribution in [1.82, 2.24) is 62.1 Å². The maximum absolute atomic E-state index is 17.1. The zero-order chi connectivity index (χ0) is 73.2. The van der Waals surface area contributed by atoms with Crippen LogP contribution in [0.4, 0.5) is 8.90 Å². The van der Waals surface area contributed by atoms with Crippen molar-refractivity contribution in [3.05, 3.63) is 29.8 Å². The summed E-state index contributed by atoms with van der Waals surface area (Å²) in [6, 6.07) is -2.37. The molecule has 1 saturated heterocycles. The molecule has 1 aliphatic rings. The van der Waals surface area contributed by atoms with Crippen LogP contribution in [0.5, 0.6) is 0 Å². The molecule has 0 unspecified atom stereocenters. The molecule has 1 fully saturated rings. The Balaban J connectivity index is 2.10. The molecule has 1 aromatic carbocycles. The van der Waals surface area contributed by atoms with Gasteiger partial charge in [-0.15, -0.1) is 0 Å². The summed E-state index contributed by atoms with van der Waals surface area (Å²) in [6.07, 6.45) is -1.18. The number of unbranched alkanes of at least 4 members (excludes halogenated alkanes) is 3. The molecule has 16 N–H and O–H groups in total. The number of aliphatic hydroxyl groups excluding tert-OH is 1. The number of aliphatic hydroxyl groups is 2. The highest BCUT2D eigenvalue weighted by atomic mass is 28.4. The third kappa shape index (κ3) is 32.8. The molecule has 35 heteroatoms. The van der Waals surface area contributed by atoms with Gasteiger partial charge in [-0.3, -0.25) is 62.8 Å². The lowest BCUT2D eigenvalue weighted by molar-refractivity contribution is -0.142. The number of urea groups is 1. The van der Waals surface area contributed by atoms with Crippen LogP contribution >= 0.6 is 0 Å². The summed E-state index contributed by atoms with van der Waals surface area (Å²) in [5.74, 6) is -12.2. The van der Waals surface area contributed by atoms with Crippen molar-refractivity contribution in [2.24, 2.45) is 0 Å². The minimum absolute atomic E-state index is 0.0150. The lowest BCUT2D eigenvalue weighted by Crippen LogP contribution is -2.58. The first-order valence-electron chi connectivity index (χ1n) is 32.5. The Morgan fingerprint density at radius 3 is 1.29 bits per heavy atom. The van der Waals surface area contributed by atoms with Crippen LogP contribution in [0, 0.1) is 0 Å². The number of aliphatic carboxylic acids is 6. The lowest BCUT2D eigenvalue weighted by atomic mass is 10.1. The second-order valence-electron chi connectivity index (χ2n) is 26.1. The molecule has 0 saturated carbocycles. The van der Waals surface area contributed by atoms with Crippen LogP contribution in [0.15, 0.2) is 24.3 Å². The van der Waals surface area contributed by atoms with Crippen molar-refractivity contribution in [3.63, 3.8) is 0 Å². The Morgan fingerprint density at radius 1 is 0.464 bits per heavy atom. The molecular formula is C62H103FN12O21Si. The summed E-state index contributed by atoms with van der Waals surface area (Å²) in [5.41, 5.74) is 0.0858. The number of hydrogen-bond acceptors (Lipinski definition) is 19.